The van der Waals surface area contributed by atoms with E-state index >= 15 is 0 Å². The fourth-order valence-corrected chi connectivity index (χ4v) is 2.42. The van der Waals surface area contributed by atoms with Crippen LogP contribution >= 0.6 is 15.9 Å². The zero-order valence-corrected chi connectivity index (χ0v) is 15.5. The van der Waals surface area contributed by atoms with E-state index < -0.39 is 11.8 Å². The normalized spacial score (nSPS) is 10.3. The minimum atomic E-state index is -0.843. The van der Waals surface area contributed by atoms with Gasteiger partial charge in [0, 0.05) is 6.54 Å². The van der Waals surface area contributed by atoms with E-state index in [1.54, 1.807) is 18.2 Å². The molecular weight excluding hydrogens is 398 g/mol. The second kappa shape index (κ2) is 10.1. The molecule has 0 aliphatic rings. The molecule has 6 nitrogen and oxygen atoms in total. The number of nitrogens with zero attached hydrogens (tertiary/aromatic N) is 1. The first-order valence-corrected chi connectivity index (χ1v) is 8.58. The van der Waals surface area contributed by atoms with E-state index in [1.165, 1.54) is 12.3 Å². The Balaban J connectivity index is 1.89. The molecule has 0 fully saturated rings. The molecule has 2 aromatic rings. The van der Waals surface area contributed by atoms with Gasteiger partial charge in [-0.3, -0.25) is 9.59 Å². The Morgan fingerprint density at radius 2 is 1.92 bits per heavy atom. The van der Waals surface area contributed by atoms with Gasteiger partial charge in [-0.05, 0) is 45.3 Å². The maximum atomic E-state index is 11.5. The highest BCUT2D eigenvalue weighted by atomic mass is 79.9. The van der Waals surface area contributed by atoms with E-state index in [2.05, 4.69) is 38.4 Å². The van der Waals surface area contributed by atoms with Crippen molar-refractivity contribution in [2.45, 2.75) is 6.61 Å². The fraction of sp³-hybridized carbons (Fsp3) is 0.105. The molecule has 0 aromatic heterocycles. The van der Waals surface area contributed by atoms with Crippen molar-refractivity contribution in [3.63, 3.8) is 0 Å². The van der Waals surface area contributed by atoms with Crippen molar-refractivity contribution in [2.24, 2.45) is 5.10 Å². The highest BCUT2D eigenvalue weighted by Gasteiger charge is 2.10. The van der Waals surface area contributed by atoms with E-state index in [9.17, 15) is 9.59 Å². The summed E-state index contributed by atoms with van der Waals surface area (Å²) in [7, 11) is 0. The lowest BCUT2D eigenvalue weighted by atomic mass is 10.2. The van der Waals surface area contributed by atoms with E-state index in [1.807, 2.05) is 30.3 Å². The zero-order valence-electron chi connectivity index (χ0n) is 13.9. The molecule has 2 N–H and O–H groups in total. The molecule has 0 bridgehead atoms. The summed E-state index contributed by atoms with van der Waals surface area (Å²) in [4.78, 5) is 22.8. The van der Waals surface area contributed by atoms with Crippen molar-refractivity contribution in [1.29, 1.82) is 0 Å². The highest BCUT2D eigenvalue weighted by Crippen LogP contribution is 2.26. The summed E-state index contributed by atoms with van der Waals surface area (Å²) in [6.45, 7) is 4.13. The maximum absolute atomic E-state index is 11.5. The third kappa shape index (κ3) is 6.18. The predicted octanol–water partition coefficient (Wildman–Crippen LogP) is 2.78. The van der Waals surface area contributed by atoms with E-state index in [0.29, 0.717) is 12.4 Å². The van der Waals surface area contributed by atoms with Crippen LogP contribution in [0.5, 0.6) is 5.75 Å². The summed E-state index contributed by atoms with van der Waals surface area (Å²) in [6.07, 6.45) is 2.91. The lowest BCUT2D eigenvalue weighted by Crippen LogP contribution is -2.37. The van der Waals surface area contributed by atoms with Gasteiger partial charge in [-0.25, -0.2) is 5.43 Å². The first kappa shape index (κ1) is 19.4. The van der Waals surface area contributed by atoms with Crippen molar-refractivity contribution >= 4 is 34.0 Å². The van der Waals surface area contributed by atoms with Crippen LogP contribution in [0, 0.1) is 0 Å². The zero-order chi connectivity index (χ0) is 18.8. The number of nitrogens with one attached hydrogen (secondary N) is 2. The molecule has 0 heterocycles. The standard InChI is InChI=1S/C19H18BrN3O3/c1-2-10-21-18(24)19(25)23-22-12-15-8-9-17(16(20)11-15)26-13-14-6-4-3-5-7-14/h2-9,11-12H,1,10,13H2,(H,21,24)(H,23,25)/b22-12-. The van der Waals surface area contributed by atoms with Crippen LogP contribution in [0.4, 0.5) is 0 Å². The number of hydrazone groups is 1. The summed E-state index contributed by atoms with van der Waals surface area (Å²) in [5.74, 6) is -0.920. The minimum Gasteiger partial charge on any atom is -0.488 e. The number of rotatable bonds is 7. The van der Waals surface area contributed by atoms with Gasteiger partial charge in [-0.1, -0.05) is 36.4 Å². The van der Waals surface area contributed by atoms with Crippen molar-refractivity contribution in [3.05, 3.63) is 76.8 Å². The Kier molecular flexibility index (Phi) is 7.57. The maximum Gasteiger partial charge on any atom is 0.329 e. The average Bonchev–Trinajstić information content (AvgIpc) is 2.66. The molecule has 0 saturated heterocycles. The molecular formula is C19H18BrN3O3. The molecule has 0 unspecified atom stereocenters. The summed E-state index contributed by atoms with van der Waals surface area (Å²) in [5, 5.41) is 6.12. The molecule has 0 aliphatic heterocycles. The van der Waals surface area contributed by atoms with Crippen molar-refractivity contribution in [2.75, 3.05) is 6.54 Å². The lowest BCUT2D eigenvalue weighted by Gasteiger charge is -2.08. The van der Waals surface area contributed by atoms with Crippen molar-refractivity contribution < 1.29 is 14.3 Å². The third-order valence-electron chi connectivity index (χ3n) is 3.19. The summed E-state index contributed by atoms with van der Waals surface area (Å²) < 4.78 is 6.52. The molecule has 26 heavy (non-hydrogen) atoms. The van der Waals surface area contributed by atoms with E-state index in [4.69, 9.17) is 4.74 Å². The van der Waals surface area contributed by atoms with Crippen LogP contribution in [0.15, 0.2) is 70.8 Å². The lowest BCUT2D eigenvalue weighted by molar-refractivity contribution is -0.139. The van der Waals surface area contributed by atoms with Crippen LogP contribution < -0.4 is 15.5 Å². The van der Waals surface area contributed by atoms with Gasteiger partial charge < -0.3 is 10.1 Å². The number of halogens is 1. The summed E-state index contributed by atoms with van der Waals surface area (Å²) in [5.41, 5.74) is 3.96. The Bertz CT molecular complexity index is 807. The summed E-state index contributed by atoms with van der Waals surface area (Å²) >= 11 is 3.45. The van der Waals surface area contributed by atoms with Gasteiger partial charge in [-0.2, -0.15) is 5.10 Å². The van der Waals surface area contributed by atoms with E-state index in [-0.39, 0.29) is 6.54 Å². The number of benzene rings is 2. The first-order valence-electron chi connectivity index (χ1n) is 7.78. The van der Waals surface area contributed by atoms with Crippen LogP contribution in [0.1, 0.15) is 11.1 Å². The van der Waals surface area contributed by atoms with E-state index in [0.717, 1.165) is 15.6 Å². The first-order chi connectivity index (χ1) is 12.6. The van der Waals surface area contributed by atoms with Gasteiger partial charge in [0.25, 0.3) is 0 Å². The molecule has 0 saturated carbocycles. The summed E-state index contributed by atoms with van der Waals surface area (Å²) in [6, 6.07) is 15.2. The monoisotopic (exact) mass is 415 g/mol. The van der Waals surface area contributed by atoms with Crippen LogP contribution in [-0.4, -0.2) is 24.6 Å². The highest BCUT2D eigenvalue weighted by molar-refractivity contribution is 9.10. The number of hydrogen-bond acceptors (Lipinski definition) is 4. The SMILES string of the molecule is C=CCNC(=O)C(=O)N/N=C\c1ccc(OCc2ccccc2)c(Br)c1. The van der Waals surface area contributed by atoms with Crippen molar-refractivity contribution in [3.8, 4) is 5.75 Å². The van der Waals surface area contributed by atoms with Gasteiger partial charge in [0.05, 0.1) is 10.7 Å². The topological polar surface area (TPSA) is 79.8 Å². The molecule has 0 spiro atoms. The Morgan fingerprint density at radius 1 is 1.15 bits per heavy atom. The van der Waals surface area contributed by atoms with Gasteiger partial charge >= 0.3 is 11.8 Å². The number of amides is 2. The molecule has 2 amide bonds. The second-order valence-corrected chi connectivity index (χ2v) is 6.02. The van der Waals surface area contributed by atoms with Crippen molar-refractivity contribution in [1.82, 2.24) is 10.7 Å². The van der Waals surface area contributed by atoms with Gasteiger partial charge in [0.1, 0.15) is 12.4 Å². The number of carbonyl (C=O) groups is 2. The predicted molar refractivity (Wildman–Crippen MR) is 104 cm³/mol. The minimum absolute atomic E-state index is 0.216. The smallest absolute Gasteiger partial charge is 0.329 e. The molecule has 0 aliphatic carbocycles. The molecule has 7 heteroatoms. The second-order valence-electron chi connectivity index (χ2n) is 5.16. The van der Waals surface area contributed by atoms with Crippen LogP contribution in [0.3, 0.4) is 0 Å². The Morgan fingerprint density at radius 3 is 2.62 bits per heavy atom. The van der Waals surface area contributed by atoms with Crippen LogP contribution in [-0.2, 0) is 16.2 Å². The van der Waals surface area contributed by atoms with Crippen LogP contribution in [0.25, 0.3) is 0 Å². The average molecular weight is 416 g/mol. The van der Waals surface area contributed by atoms with Gasteiger partial charge in [0.15, 0.2) is 0 Å². The largest absolute Gasteiger partial charge is 0.488 e. The Hall–Kier alpha value is -2.93. The molecule has 0 atom stereocenters. The number of carbonyl (C=O) groups excluding carboxylic acids is 2. The molecule has 2 rings (SSSR count). The third-order valence-corrected chi connectivity index (χ3v) is 3.81. The molecule has 134 valence electrons. The van der Waals surface area contributed by atoms with Crippen LogP contribution in [0.2, 0.25) is 0 Å². The van der Waals surface area contributed by atoms with Gasteiger partial charge in [-0.15, -0.1) is 6.58 Å². The van der Waals surface area contributed by atoms with Gasteiger partial charge in [0.2, 0.25) is 0 Å². The molecule has 2 aromatic carbocycles. The fourth-order valence-electron chi connectivity index (χ4n) is 1.91. The quantitative estimate of drug-likeness (QED) is 0.315. The number of hydrogen-bond donors (Lipinski definition) is 2. The molecule has 0 radical (unpaired) electrons. The Labute approximate surface area is 160 Å². The number of ether oxygens (including phenoxy) is 1.